The first kappa shape index (κ1) is 22.2. The molecule has 152 valence electrons. The lowest BCUT2D eigenvalue weighted by molar-refractivity contribution is -0.122. The second-order valence-corrected chi connectivity index (χ2v) is 9.32. The number of amides is 1. The number of nitrogens with zero attached hydrogens (tertiary/aromatic N) is 1. The van der Waals surface area contributed by atoms with Crippen LogP contribution in [0, 0.1) is 13.8 Å². The van der Waals surface area contributed by atoms with Gasteiger partial charge in [0.2, 0.25) is 15.9 Å². The Morgan fingerprint density at radius 1 is 1.14 bits per heavy atom. The van der Waals surface area contributed by atoms with E-state index in [1.165, 1.54) is 11.6 Å². The van der Waals surface area contributed by atoms with Gasteiger partial charge in [-0.25, -0.2) is 8.42 Å². The van der Waals surface area contributed by atoms with E-state index in [2.05, 4.69) is 11.4 Å². The van der Waals surface area contributed by atoms with Crippen molar-refractivity contribution in [3.8, 4) is 0 Å². The van der Waals surface area contributed by atoms with E-state index in [0.717, 1.165) is 21.7 Å². The van der Waals surface area contributed by atoms with Gasteiger partial charge in [-0.1, -0.05) is 42.8 Å². The van der Waals surface area contributed by atoms with Crippen LogP contribution in [-0.4, -0.2) is 26.6 Å². The summed E-state index contributed by atoms with van der Waals surface area (Å²) in [6.07, 6.45) is 1.77. The molecule has 7 heteroatoms. The Morgan fingerprint density at radius 3 is 2.36 bits per heavy atom. The molecule has 0 radical (unpaired) electrons. The third-order valence-corrected chi connectivity index (χ3v) is 6.29. The van der Waals surface area contributed by atoms with E-state index in [-0.39, 0.29) is 11.9 Å². The normalized spacial score (nSPS) is 13.6. The second-order valence-electron chi connectivity index (χ2n) is 7.03. The Balaban J connectivity index is 2.30. The molecule has 0 saturated carbocycles. The zero-order valence-corrected chi connectivity index (χ0v) is 18.4. The number of sulfonamides is 1. The van der Waals surface area contributed by atoms with E-state index in [1.54, 1.807) is 25.1 Å². The van der Waals surface area contributed by atoms with Crippen LogP contribution in [0.5, 0.6) is 0 Å². The molecule has 0 aliphatic heterocycles. The summed E-state index contributed by atoms with van der Waals surface area (Å²) in [6, 6.07) is 11.4. The smallest absolute Gasteiger partial charge is 0.244 e. The SMILES string of the molecule is CCC(NC(=O)C(C)N(c1cccc(Cl)c1)S(C)(=O)=O)c1ccc(C)c(C)c1. The molecular formula is C21H27ClN2O3S. The standard InChI is InChI=1S/C21H27ClN2O3S/c1-6-20(17-11-10-14(2)15(3)12-17)23-21(25)16(4)24(28(5,26)27)19-9-7-8-18(22)13-19/h7-13,16,20H,6H2,1-5H3,(H,23,25). The predicted molar refractivity (Wildman–Crippen MR) is 115 cm³/mol. The average Bonchev–Trinajstić information content (AvgIpc) is 2.60. The quantitative estimate of drug-likeness (QED) is 0.720. The van der Waals surface area contributed by atoms with E-state index in [9.17, 15) is 13.2 Å². The fourth-order valence-corrected chi connectivity index (χ4v) is 4.47. The highest BCUT2D eigenvalue weighted by atomic mass is 35.5. The maximum Gasteiger partial charge on any atom is 0.244 e. The molecule has 2 atom stereocenters. The molecule has 28 heavy (non-hydrogen) atoms. The Kier molecular flexibility index (Phi) is 7.12. The lowest BCUT2D eigenvalue weighted by Crippen LogP contribution is -2.48. The van der Waals surface area contributed by atoms with Gasteiger partial charge in [0, 0.05) is 5.02 Å². The summed E-state index contributed by atoms with van der Waals surface area (Å²) in [7, 11) is -3.68. The Morgan fingerprint density at radius 2 is 1.82 bits per heavy atom. The molecule has 0 aliphatic rings. The minimum atomic E-state index is -3.68. The van der Waals surface area contributed by atoms with Crippen molar-refractivity contribution in [2.45, 2.75) is 46.2 Å². The summed E-state index contributed by atoms with van der Waals surface area (Å²) in [4.78, 5) is 12.9. The number of rotatable bonds is 7. The van der Waals surface area contributed by atoms with Gasteiger partial charge in [0.15, 0.2) is 0 Å². The van der Waals surface area contributed by atoms with Crippen LogP contribution in [0.2, 0.25) is 5.02 Å². The predicted octanol–water partition coefficient (Wildman–Crippen LogP) is 4.38. The molecule has 5 nitrogen and oxygen atoms in total. The van der Waals surface area contributed by atoms with Gasteiger partial charge in [-0.3, -0.25) is 9.10 Å². The summed E-state index contributed by atoms with van der Waals surface area (Å²) in [6.45, 7) is 7.62. The zero-order chi connectivity index (χ0) is 21.1. The maximum absolute atomic E-state index is 12.9. The van der Waals surface area contributed by atoms with Crippen molar-refractivity contribution in [3.63, 3.8) is 0 Å². The van der Waals surface area contributed by atoms with Gasteiger partial charge in [0.05, 0.1) is 18.0 Å². The average molecular weight is 423 g/mol. The molecule has 2 aromatic rings. The van der Waals surface area contributed by atoms with Crippen molar-refractivity contribution < 1.29 is 13.2 Å². The largest absolute Gasteiger partial charge is 0.347 e. The summed E-state index contributed by atoms with van der Waals surface area (Å²) in [5, 5.41) is 3.39. The molecule has 0 aromatic heterocycles. The Bertz CT molecular complexity index is 960. The molecule has 2 rings (SSSR count). The zero-order valence-electron chi connectivity index (χ0n) is 16.9. The number of benzene rings is 2. The molecule has 1 N–H and O–H groups in total. The van der Waals surface area contributed by atoms with E-state index >= 15 is 0 Å². The van der Waals surface area contributed by atoms with E-state index < -0.39 is 16.1 Å². The van der Waals surface area contributed by atoms with Crippen LogP contribution < -0.4 is 9.62 Å². The lowest BCUT2D eigenvalue weighted by atomic mass is 9.99. The summed E-state index contributed by atoms with van der Waals surface area (Å²) in [5.74, 6) is -0.365. The number of hydrogen-bond donors (Lipinski definition) is 1. The highest BCUT2D eigenvalue weighted by Gasteiger charge is 2.30. The molecule has 0 saturated heterocycles. The topological polar surface area (TPSA) is 66.5 Å². The molecule has 0 aliphatic carbocycles. The number of anilines is 1. The number of halogens is 1. The van der Waals surface area contributed by atoms with Gasteiger partial charge in [0.25, 0.3) is 0 Å². The molecule has 1 amide bonds. The van der Waals surface area contributed by atoms with Gasteiger partial charge in [-0.15, -0.1) is 0 Å². The van der Waals surface area contributed by atoms with E-state index in [4.69, 9.17) is 11.6 Å². The third kappa shape index (κ3) is 5.26. The minimum Gasteiger partial charge on any atom is -0.347 e. The Hall–Kier alpha value is -2.05. The molecule has 2 unspecified atom stereocenters. The van der Waals surface area contributed by atoms with Crippen LogP contribution in [0.4, 0.5) is 5.69 Å². The second kappa shape index (κ2) is 8.97. The summed E-state index contributed by atoms with van der Waals surface area (Å²) >= 11 is 6.02. The van der Waals surface area contributed by atoms with Gasteiger partial charge >= 0.3 is 0 Å². The van der Waals surface area contributed by atoms with Crippen molar-refractivity contribution >= 4 is 33.2 Å². The van der Waals surface area contributed by atoms with E-state index in [1.807, 2.05) is 32.9 Å². The first-order chi connectivity index (χ1) is 13.0. The molecule has 2 aromatic carbocycles. The fraction of sp³-hybridized carbons (Fsp3) is 0.381. The minimum absolute atomic E-state index is 0.199. The summed E-state index contributed by atoms with van der Waals surface area (Å²) in [5.41, 5.74) is 3.69. The molecular weight excluding hydrogens is 396 g/mol. The van der Waals surface area contributed by atoms with E-state index in [0.29, 0.717) is 17.1 Å². The maximum atomic E-state index is 12.9. The van der Waals surface area contributed by atoms with Crippen molar-refractivity contribution in [1.82, 2.24) is 5.32 Å². The number of nitrogens with one attached hydrogen (secondary N) is 1. The van der Waals surface area contributed by atoms with Crippen LogP contribution in [0.3, 0.4) is 0 Å². The summed E-state index contributed by atoms with van der Waals surface area (Å²) < 4.78 is 25.9. The lowest BCUT2D eigenvalue weighted by Gasteiger charge is -2.30. The van der Waals surface area contributed by atoms with Crippen LogP contribution in [0.25, 0.3) is 0 Å². The van der Waals surface area contributed by atoms with Crippen LogP contribution in [0.1, 0.15) is 43.0 Å². The van der Waals surface area contributed by atoms with Gasteiger partial charge < -0.3 is 5.32 Å². The molecule has 0 heterocycles. The number of carbonyl (C=O) groups excluding carboxylic acids is 1. The third-order valence-electron chi connectivity index (χ3n) is 4.81. The monoisotopic (exact) mass is 422 g/mol. The van der Waals surface area contributed by atoms with Crippen molar-refractivity contribution in [3.05, 3.63) is 64.2 Å². The highest BCUT2D eigenvalue weighted by Crippen LogP contribution is 2.25. The number of aryl methyl sites for hydroxylation is 2. The van der Waals surface area contributed by atoms with Crippen molar-refractivity contribution in [1.29, 1.82) is 0 Å². The van der Waals surface area contributed by atoms with Gasteiger partial charge in [-0.05, 0) is 62.1 Å². The molecule has 0 fully saturated rings. The van der Waals surface area contributed by atoms with Crippen LogP contribution in [0.15, 0.2) is 42.5 Å². The number of hydrogen-bond acceptors (Lipinski definition) is 3. The van der Waals surface area contributed by atoms with Crippen molar-refractivity contribution in [2.24, 2.45) is 0 Å². The molecule has 0 bridgehead atoms. The van der Waals surface area contributed by atoms with Crippen LogP contribution >= 0.6 is 11.6 Å². The Labute approximate surface area is 172 Å². The first-order valence-corrected chi connectivity index (χ1v) is 11.4. The highest BCUT2D eigenvalue weighted by molar-refractivity contribution is 7.92. The van der Waals surface area contributed by atoms with Crippen LogP contribution in [-0.2, 0) is 14.8 Å². The molecule has 0 spiro atoms. The number of carbonyl (C=O) groups is 1. The first-order valence-electron chi connectivity index (χ1n) is 9.17. The fourth-order valence-electron chi connectivity index (χ4n) is 3.12. The van der Waals surface area contributed by atoms with Crippen molar-refractivity contribution in [2.75, 3.05) is 10.6 Å². The van der Waals surface area contributed by atoms with Gasteiger partial charge in [0.1, 0.15) is 6.04 Å². The van der Waals surface area contributed by atoms with Gasteiger partial charge in [-0.2, -0.15) is 0 Å².